The van der Waals surface area contributed by atoms with Crippen LogP contribution in [0, 0.1) is 0 Å². The molecule has 0 aromatic heterocycles. The van der Waals surface area contributed by atoms with Crippen LogP contribution < -0.4 is 10.2 Å². The summed E-state index contributed by atoms with van der Waals surface area (Å²) in [6, 6.07) is 10.7. The summed E-state index contributed by atoms with van der Waals surface area (Å²) in [7, 11) is 1.50. The fourth-order valence-electron chi connectivity index (χ4n) is 2.98. The number of anilines is 2. The summed E-state index contributed by atoms with van der Waals surface area (Å²) in [6.07, 6.45) is 1.81. The monoisotopic (exact) mass is 436 g/mol. The van der Waals surface area contributed by atoms with Gasteiger partial charge in [0.1, 0.15) is 6.61 Å². The number of benzene rings is 2. The lowest BCUT2D eigenvalue weighted by atomic mass is 10.0. The number of carbonyl (C=O) groups is 2. The van der Waals surface area contributed by atoms with Crippen LogP contribution in [0.3, 0.4) is 0 Å². The quantitative estimate of drug-likeness (QED) is 0.777. The summed E-state index contributed by atoms with van der Waals surface area (Å²) in [5.74, 6) is -0.395. The second-order valence-electron chi connectivity index (χ2n) is 6.00. The molecule has 1 N–H and O–H groups in total. The molecule has 0 saturated carbocycles. The number of aryl methyl sites for hydroxylation is 1. The van der Waals surface area contributed by atoms with Gasteiger partial charge in [-0.25, -0.2) is 0 Å². The van der Waals surface area contributed by atoms with Crippen molar-refractivity contribution in [1.29, 1.82) is 0 Å². The lowest BCUT2D eigenvalue weighted by molar-refractivity contribution is -0.122. The third-order valence-electron chi connectivity index (χ3n) is 4.20. The summed E-state index contributed by atoms with van der Waals surface area (Å²) in [6.45, 7) is 0.674. The Morgan fingerprint density at radius 3 is 2.85 bits per heavy atom. The number of ether oxygens (including phenoxy) is 1. The maximum atomic E-state index is 12.6. The van der Waals surface area contributed by atoms with Crippen molar-refractivity contribution in [3.05, 3.63) is 57.0 Å². The highest BCUT2D eigenvalue weighted by Crippen LogP contribution is 2.31. The highest BCUT2D eigenvalue weighted by molar-refractivity contribution is 9.10. The smallest absolute Gasteiger partial charge is 0.257 e. The van der Waals surface area contributed by atoms with Crippen LogP contribution in [-0.2, 0) is 16.0 Å². The van der Waals surface area contributed by atoms with Crippen molar-refractivity contribution in [3.8, 4) is 0 Å². The van der Waals surface area contributed by atoms with Gasteiger partial charge in [-0.3, -0.25) is 9.59 Å². The van der Waals surface area contributed by atoms with E-state index in [0.717, 1.165) is 28.6 Å². The molecule has 0 aliphatic carbocycles. The topological polar surface area (TPSA) is 58.6 Å². The Hall–Kier alpha value is -1.89. The van der Waals surface area contributed by atoms with Gasteiger partial charge < -0.3 is 15.0 Å². The van der Waals surface area contributed by atoms with Crippen LogP contribution in [0.4, 0.5) is 11.4 Å². The van der Waals surface area contributed by atoms with Crippen LogP contribution in [0.5, 0.6) is 0 Å². The van der Waals surface area contributed by atoms with Gasteiger partial charge in [0.15, 0.2) is 0 Å². The number of carbonyl (C=O) groups excluding carboxylic acids is 2. The van der Waals surface area contributed by atoms with E-state index < -0.39 is 0 Å². The minimum Gasteiger partial charge on any atom is -0.375 e. The van der Waals surface area contributed by atoms with Gasteiger partial charge in [-0.05, 0) is 48.7 Å². The fraction of sp³-hybridized carbons (Fsp3) is 0.263. The number of halogens is 2. The zero-order valence-corrected chi connectivity index (χ0v) is 16.6. The average Bonchev–Trinajstić information content (AvgIpc) is 2.63. The molecule has 1 heterocycles. The molecule has 7 heteroatoms. The summed E-state index contributed by atoms with van der Waals surface area (Å²) in [4.78, 5) is 26.6. The summed E-state index contributed by atoms with van der Waals surface area (Å²) >= 11 is 9.47. The first-order valence-corrected chi connectivity index (χ1v) is 9.35. The molecule has 3 rings (SSSR count). The highest BCUT2D eigenvalue weighted by Gasteiger charge is 2.23. The average molecular weight is 438 g/mol. The maximum absolute atomic E-state index is 12.6. The Labute approximate surface area is 165 Å². The van der Waals surface area contributed by atoms with Gasteiger partial charge in [-0.1, -0.05) is 33.6 Å². The molecule has 5 nitrogen and oxygen atoms in total. The molecule has 0 atom stereocenters. The van der Waals surface area contributed by atoms with Crippen LogP contribution in [0.1, 0.15) is 22.3 Å². The zero-order chi connectivity index (χ0) is 18.7. The van der Waals surface area contributed by atoms with E-state index in [9.17, 15) is 9.59 Å². The van der Waals surface area contributed by atoms with Crippen molar-refractivity contribution in [2.24, 2.45) is 0 Å². The van der Waals surface area contributed by atoms with Gasteiger partial charge >= 0.3 is 0 Å². The first-order valence-electron chi connectivity index (χ1n) is 8.18. The number of hydrogen-bond donors (Lipinski definition) is 1. The van der Waals surface area contributed by atoms with Crippen molar-refractivity contribution < 1.29 is 14.3 Å². The third-order valence-corrected chi connectivity index (χ3v) is 5.03. The second-order valence-corrected chi connectivity index (χ2v) is 7.33. The molecule has 2 aromatic rings. The van der Waals surface area contributed by atoms with Gasteiger partial charge in [-0.15, -0.1) is 0 Å². The predicted octanol–water partition coefficient (Wildman–Crippen LogP) is 4.28. The van der Waals surface area contributed by atoms with Gasteiger partial charge in [-0.2, -0.15) is 0 Å². The Balaban J connectivity index is 1.86. The second kappa shape index (κ2) is 8.20. The predicted molar refractivity (Wildman–Crippen MR) is 106 cm³/mol. The minimum absolute atomic E-state index is 0.0314. The number of nitrogens with one attached hydrogen (secondary N) is 1. The van der Waals surface area contributed by atoms with Crippen LogP contribution in [0.25, 0.3) is 0 Å². The van der Waals surface area contributed by atoms with Gasteiger partial charge in [0.05, 0.1) is 10.6 Å². The van der Waals surface area contributed by atoms with Crippen molar-refractivity contribution >= 4 is 50.7 Å². The molecule has 0 saturated heterocycles. The number of rotatable bonds is 4. The van der Waals surface area contributed by atoms with Gasteiger partial charge in [0.2, 0.25) is 0 Å². The van der Waals surface area contributed by atoms with E-state index in [0.29, 0.717) is 22.8 Å². The molecule has 136 valence electrons. The first kappa shape index (κ1) is 18.9. The number of hydrogen-bond acceptors (Lipinski definition) is 3. The van der Waals surface area contributed by atoms with Crippen LogP contribution in [0.2, 0.25) is 5.02 Å². The summed E-state index contributed by atoms with van der Waals surface area (Å²) in [5, 5.41) is 3.23. The molecule has 2 amide bonds. The van der Waals surface area contributed by atoms with Gasteiger partial charge in [0, 0.05) is 29.5 Å². The van der Waals surface area contributed by atoms with E-state index in [-0.39, 0.29) is 18.4 Å². The molecule has 26 heavy (non-hydrogen) atoms. The summed E-state index contributed by atoms with van der Waals surface area (Å²) < 4.78 is 5.74. The number of methoxy groups -OCH3 is 1. The van der Waals surface area contributed by atoms with Crippen molar-refractivity contribution in [1.82, 2.24) is 0 Å². The van der Waals surface area contributed by atoms with Crippen molar-refractivity contribution in [2.75, 3.05) is 30.5 Å². The lowest BCUT2D eigenvalue weighted by Gasteiger charge is -2.30. The van der Waals surface area contributed by atoms with E-state index >= 15 is 0 Å². The van der Waals surface area contributed by atoms with E-state index in [1.165, 1.54) is 7.11 Å². The molecule has 0 fully saturated rings. The van der Waals surface area contributed by atoms with Crippen LogP contribution in [0.15, 0.2) is 40.9 Å². The zero-order valence-electron chi connectivity index (χ0n) is 14.2. The highest BCUT2D eigenvalue weighted by atomic mass is 79.9. The molecular formula is C19H18BrClN2O3. The number of amides is 2. The molecule has 0 radical (unpaired) electrons. The lowest BCUT2D eigenvalue weighted by Crippen LogP contribution is -2.37. The molecule has 1 aliphatic rings. The largest absolute Gasteiger partial charge is 0.375 e. The molecule has 1 aliphatic heterocycles. The van der Waals surface area contributed by atoms with Crippen molar-refractivity contribution in [3.63, 3.8) is 0 Å². The number of nitrogens with zero attached hydrogens (tertiary/aromatic N) is 1. The Morgan fingerprint density at radius 2 is 2.08 bits per heavy atom. The minimum atomic E-state index is -0.304. The standard InChI is InChI=1S/C19H18BrClN2O3/c1-26-11-18(24)23-8-2-3-12-4-6-14(10-17(12)23)22-19(25)15-9-13(20)5-7-16(15)21/h4-7,9-10H,2-3,8,11H2,1H3,(H,22,25). The SMILES string of the molecule is COCC(=O)N1CCCc2ccc(NC(=O)c3cc(Br)ccc3Cl)cc21. The third kappa shape index (κ3) is 4.09. The van der Waals surface area contributed by atoms with Crippen molar-refractivity contribution in [2.45, 2.75) is 12.8 Å². The van der Waals surface area contributed by atoms with E-state index in [2.05, 4.69) is 21.2 Å². The Morgan fingerprint density at radius 1 is 1.27 bits per heavy atom. The molecule has 2 aromatic carbocycles. The summed E-state index contributed by atoms with van der Waals surface area (Å²) in [5.41, 5.74) is 2.89. The Kier molecular flexibility index (Phi) is 5.96. The van der Waals surface area contributed by atoms with Crippen LogP contribution >= 0.6 is 27.5 Å². The van der Waals surface area contributed by atoms with E-state index in [1.807, 2.05) is 18.2 Å². The number of fused-ring (bicyclic) bond motifs is 1. The normalized spacial score (nSPS) is 13.3. The molecule has 0 unspecified atom stereocenters. The molecular weight excluding hydrogens is 420 g/mol. The van der Waals surface area contributed by atoms with Crippen LogP contribution in [-0.4, -0.2) is 32.1 Å². The molecule has 0 spiro atoms. The van der Waals surface area contributed by atoms with E-state index in [4.69, 9.17) is 16.3 Å². The van der Waals surface area contributed by atoms with E-state index in [1.54, 1.807) is 23.1 Å². The Bertz CT molecular complexity index is 857. The first-order chi connectivity index (χ1) is 12.5. The van der Waals surface area contributed by atoms with Gasteiger partial charge in [0.25, 0.3) is 11.8 Å². The molecule has 0 bridgehead atoms. The maximum Gasteiger partial charge on any atom is 0.257 e. The fourth-order valence-corrected chi connectivity index (χ4v) is 3.55.